The van der Waals surface area contributed by atoms with Gasteiger partial charge in [0.05, 0.1) is 5.56 Å². The second-order valence-electron chi connectivity index (χ2n) is 5.87. The van der Waals surface area contributed by atoms with Crippen LogP contribution in [0.1, 0.15) is 31.9 Å². The number of alkyl halides is 3. The maximum absolute atomic E-state index is 12.7. The summed E-state index contributed by atoms with van der Waals surface area (Å²) >= 11 is 0. The Labute approximate surface area is 132 Å². The van der Waals surface area contributed by atoms with E-state index in [1.807, 2.05) is 0 Å². The van der Waals surface area contributed by atoms with Crippen LogP contribution < -0.4 is 5.32 Å². The number of carbonyl (C=O) groups excluding carboxylic acids is 1. The Bertz CT molecular complexity index is 570. The molecule has 0 aliphatic heterocycles. The number of benzene rings is 1. The van der Waals surface area contributed by atoms with Gasteiger partial charge in [-0.25, -0.2) is 4.79 Å². The maximum Gasteiger partial charge on any atom is 0.416 e. The van der Waals surface area contributed by atoms with E-state index in [0.717, 1.165) is 12.1 Å². The fourth-order valence-corrected chi connectivity index (χ4v) is 2.13. The third kappa shape index (κ3) is 5.58. The van der Waals surface area contributed by atoms with E-state index >= 15 is 0 Å². The minimum absolute atomic E-state index is 0.0974. The van der Waals surface area contributed by atoms with Crippen molar-refractivity contribution in [3.63, 3.8) is 0 Å². The zero-order chi connectivity index (χ0) is 17.8. The van der Waals surface area contributed by atoms with E-state index in [-0.39, 0.29) is 12.3 Å². The van der Waals surface area contributed by atoms with E-state index in [1.165, 1.54) is 12.1 Å². The molecule has 0 bridgehead atoms. The Morgan fingerprint density at radius 1 is 1.22 bits per heavy atom. The van der Waals surface area contributed by atoms with E-state index in [2.05, 4.69) is 5.32 Å². The van der Waals surface area contributed by atoms with Crippen molar-refractivity contribution in [1.82, 2.24) is 5.32 Å². The van der Waals surface area contributed by atoms with Crippen LogP contribution in [0.3, 0.4) is 0 Å². The smallest absolute Gasteiger partial charge is 0.416 e. The second-order valence-corrected chi connectivity index (χ2v) is 5.87. The number of carbonyl (C=O) groups is 2. The fraction of sp³-hybridized carbons (Fsp3) is 0.500. The van der Waals surface area contributed by atoms with Crippen molar-refractivity contribution in [2.24, 2.45) is 11.8 Å². The van der Waals surface area contributed by atoms with Crippen molar-refractivity contribution < 1.29 is 27.9 Å². The molecular formula is C16H20F3NO3. The van der Waals surface area contributed by atoms with E-state index in [4.69, 9.17) is 5.11 Å². The van der Waals surface area contributed by atoms with E-state index < -0.39 is 35.6 Å². The molecule has 0 aliphatic rings. The average Bonchev–Trinajstić information content (AvgIpc) is 2.43. The molecule has 0 heterocycles. The highest BCUT2D eigenvalue weighted by Gasteiger charge is 2.31. The molecule has 0 aliphatic carbocycles. The maximum atomic E-state index is 12.7. The zero-order valence-corrected chi connectivity index (χ0v) is 13.1. The van der Waals surface area contributed by atoms with Crippen LogP contribution in [0.15, 0.2) is 24.3 Å². The highest BCUT2D eigenvalue weighted by Crippen LogP contribution is 2.30. The zero-order valence-electron chi connectivity index (χ0n) is 13.1. The topological polar surface area (TPSA) is 66.4 Å². The van der Waals surface area contributed by atoms with Gasteiger partial charge in [-0.1, -0.05) is 39.0 Å². The second kappa shape index (κ2) is 7.48. The van der Waals surface area contributed by atoms with Crippen LogP contribution >= 0.6 is 0 Å². The average molecular weight is 331 g/mol. The molecule has 4 nitrogen and oxygen atoms in total. The summed E-state index contributed by atoms with van der Waals surface area (Å²) in [6.45, 7) is 4.88. The van der Waals surface area contributed by atoms with E-state index in [9.17, 15) is 22.8 Å². The van der Waals surface area contributed by atoms with Gasteiger partial charge in [-0.05, 0) is 24.0 Å². The van der Waals surface area contributed by atoms with Gasteiger partial charge in [-0.2, -0.15) is 13.2 Å². The number of aliphatic carboxylic acids is 1. The van der Waals surface area contributed by atoms with Crippen molar-refractivity contribution >= 4 is 11.9 Å². The Balaban J connectivity index is 2.77. The summed E-state index contributed by atoms with van der Waals surface area (Å²) in [5.74, 6) is -2.57. The molecule has 0 aromatic heterocycles. The Morgan fingerprint density at radius 2 is 1.83 bits per heavy atom. The summed E-state index contributed by atoms with van der Waals surface area (Å²) in [6.07, 6.45) is -4.34. The summed E-state index contributed by atoms with van der Waals surface area (Å²) in [6, 6.07) is 3.74. The predicted octanol–water partition coefficient (Wildman–Crippen LogP) is 3.11. The van der Waals surface area contributed by atoms with Gasteiger partial charge in [0.15, 0.2) is 0 Å². The molecular weight excluding hydrogens is 311 g/mol. The SMILES string of the molecule is CC(Cc1cccc(C(F)(F)F)c1)C(=O)N[C@@H](C(=O)O)C(C)C. The van der Waals surface area contributed by atoms with Gasteiger partial charge in [0, 0.05) is 5.92 Å². The first-order valence-corrected chi connectivity index (χ1v) is 7.21. The first kappa shape index (κ1) is 19.0. The Kier molecular flexibility index (Phi) is 6.18. The highest BCUT2D eigenvalue weighted by molar-refractivity contribution is 5.85. The number of halogens is 3. The summed E-state index contributed by atoms with van der Waals surface area (Å²) < 4.78 is 38.0. The molecule has 1 rings (SSSR count). The highest BCUT2D eigenvalue weighted by atomic mass is 19.4. The van der Waals surface area contributed by atoms with Crippen molar-refractivity contribution in [2.75, 3.05) is 0 Å². The number of carboxylic acid groups (broad SMARTS) is 1. The Morgan fingerprint density at radius 3 is 2.30 bits per heavy atom. The molecule has 0 saturated heterocycles. The Hall–Kier alpha value is -2.05. The van der Waals surface area contributed by atoms with Gasteiger partial charge in [0.2, 0.25) is 5.91 Å². The largest absolute Gasteiger partial charge is 0.480 e. The van der Waals surface area contributed by atoms with Crippen LogP contribution in [0, 0.1) is 11.8 Å². The summed E-state index contributed by atoms with van der Waals surface area (Å²) in [7, 11) is 0. The lowest BCUT2D eigenvalue weighted by atomic mass is 9.97. The van der Waals surface area contributed by atoms with Gasteiger partial charge < -0.3 is 10.4 Å². The van der Waals surface area contributed by atoms with Gasteiger partial charge in [0.25, 0.3) is 0 Å². The number of hydrogen-bond acceptors (Lipinski definition) is 2. The quantitative estimate of drug-likeness (QED) is 0.842. The van der Waals surface area contributed by atoms with Crippen LogP contribution in [0.5, 0.6) is 0 Å². The molecule has 0 radical (unpaired) electrons. The molecule has 0 spiro atoms. The van der Waals surface area contributed by atoms with Gasteiger partial charge in [0.1, 0.15) is 6.04 Å². The van der Waals surface area contributed by atoms with Crippen LogP contribution in [0.2, 0.25) is 0 Å². The van der Waals surface area contributed by atoms with Crippen LogP contribution in [-0.4, -0.2) is 23.0 Å². The molecule has 7 heteroatoms. The third-order valence-corrected chi connectivity index (χ3v) is 3.47. The normalized spacial score (nSPS) is 14.4. The fourth-order valence-electron chi connectivity index (χ4n) is 2.13. The number of carboxylic acids is 1. The summed E-state index contributed by atoms with van der Waals surface area (Å²) in [5.41, 5.74) is -0.396. The predicted molar refractivity (Wildman–Crippen MR) is 78.7 cm³/mol. The third-order valence-electron chi connectivity index (χ3n) is 3.47. The molecule has 1 aromatic rings. The van der Waals surface area contributed by atoms with Crippen molar-refractivity contribution in [3.05, 3.63) is 35.4 Å². The molecule has 2 atom stereocenters. The van der Waals surface area contributed by atoms with Crippen LogP contribution in [0.25, 0.3) is 0 Å². The van der Waals surface area contributed by atoms with Crippen molar-refractivity contribution in [2.45, 2.75) is 39.4 Å². The first-order valence-electron chi connectivity index (χ1n) is 7.21. The minimum Gasteiger partial charge on any atom is -0.480 e. The van der Waals surface area contributed by atoms with Gasteiger partial charge in [-0.3, -0.25) is 4.79 Å². The molecule has 1 amide bonds. The van der Waals surface area contributed by atoms with Gasteiger partial charge in [-0.15, -0.1) is 0 Å². The monoisotopic (exact) mass is 331 g/mol. The van der Waals surface area contributed by atoms with E-state index in [0.29, 0.717) is 5.56 Å². The summed E-state index contributed by atoms with van der Waals surface area (Å²) in [5, 5.41) is 11.5. The molecule has 2 N–H and O–H groups in total. The van der Waals surface area contributed by atoms with Crippen LogP contribution in [-0.2, 0) is 22.2 Å². The molecule has 128 valence electrons. The van der Waals surface area contributed by atoms with Crippen molar-refractivity contribution in [3.8, 4) is 0 Å². The number of nitrogens with one attached hydrogen (secondary N) is 1. The number of amides is 1. The lowest BCUT2D eigenvalue weighted by Gasteiger charge is -2.20. The number of hydrogen-bond donors (Lipinski definition) is 2. The lowest BCUT2D eigenvalue weighted by molar-refractivity contribution is -0.143. The summed E-state index contributed by atoms with van der Waals surface area (Å²) in [4.78, 5) is 23.1. The van der Waals surface area contributed by atoms with E-state index in [1.54, 1.807) is 20.8 Å². The molecule has 0 fully saturated rings. The molecule has 0 saturated carbocycles. The number of rotatable bonds is 6. The van der Waals surface area contributed by atoms with Crippen molar-refractivity contribution in [1.29, 1.82) is 0 Å². The standard InChI is InChI=1S/C16H20F3NO3/c1-9(2)13(15(22)23)20-14(21)10(3)7-11-5-4-6-12(8-11)16(17,18)19/h4-6,8-10,13H,7H2,1-3H3,(H,20,21)(H,22,23)/t10?,13-/m1/s1. The first-order chi connectivity index (χ1) is 10.5. The van der Waals surface area contributed by atoms with Gasteiger partial charge >= 0.3 is 12.1 Å². The lowest BCUT2D eigenvalue weighted by Crippen LogP contribution is -2.46. The molecule has 1 aromatic carbocycles. The van der Waals surface area contributed by atoms with Crippen LogP contribution in [0.4, 0.5) is 13.2 Å². The molecule has 1 unspecified atom stereocenters. The minimum atomic E-state index is -4.44. The molecule has 23 heavy (non-hydrogen) atoms.